The van der Waals surface area contributed by atoms with Crippen molar-refractivity contribution in [2.24, 2.45) is 5.92 Å². The standard InChI is InChI=1S/C14H21ClN2/c1-16-10-14(12-6-8-17-9-7-12)11-2-4-13(15)5-3-11/h2-5,12,14,16-17H,6-10H2,1H3. The Morgan fingerprint density at radius 2 is 1.94 bits per heavy atom. The van der Waals surface area contributed by atoms with Crippen LogP contribution in [0, 0.1) is 5.92 Å². The molecule has 94 valence electrons. The van der Waals surface area contributed by atoms with Crippen LogP contribution in [0.25, 0.3) is 0 Å². The lowest BCUT2D eigenvalue weighted by molar-refractivity contribution is 0.313. The summed E-state index contributed by atoms with van der Waals surface area (Å²) in [6, 6.07) is 8.35. The SMILES string of the molecule is CNCC(c1ccc(Cl)cc1)C1CCNCC1. The van der Waals surface area contributed by atoms with E-state index in [1.807, 2.05) is 19.2 Å². The quantitative estimate of drug-likeness (QED) is 0.861. The largest absolute Gasteiger partial charge is 0.319 e. The molecule has 0 bridgehead atoms. The normalized spacial score (nSPS) is 19.2. The minimum absolute atomic E-state index is 0.611. The van der Waals surface area contributed by atoms with Crippen molar-refractivity contribution >= 4 is 11.6 Å². The smallest absolute Gasteiger partial charge is 0.0406 e. The van der Waals surface area contributed by atoms with E-state index in [-0.39, 0.29) is 0 Å². The van der Waals surface area contributed by atoms with Crippen molar-refractivity contribution in [3.05, 3.63) is 34.9 Å². The predicted octanol–water partition coefficient (Wildman–Crippen LogP) is 2.64. The molecule has 0 spiro atoms. The lowest BCUT2D eigenvalue weighted by Crippen LogP contribution is -2.34. The zero-order valence-electron chi connectivity index (χ0n) is 10.4. The number of likely N-dealkylation sites (N-methyl/N-ethyl adjacent to an activating group) is 1. The van der Waals surface area contributed by atoms with Crippen molar-refractivity contribution in [2.45, 2.75) is 18.8 Å². The first-order valence-corrected chi connectivity index (χ1v) is 6.80. The first-order valence-electron chi connectivity index (χ1n) is 6.42. The highest BCUT2D eigenvalue weighted by Gasteiger charge is 2.24. The van der Waals surface area contributed by atoms with Crippen LogP contribution < -0.4 is 10.6 Å². The highest BCUT2D eigenvalue weighted by atomic mass is 35.5. The van der Waals surface area contributed by atoms with Gasteiger partial charge >= 0.3 is 0 Å². The fourth-order valence-electron chi connectivity index (χ4n) is 2.73. The molecule has 2 rings (SSSR count). The van der Waals surface area contributed by atoms with Crippen molar-refractivity contribution in [1.29, 1.82) is 0 Å². The summed E-state index contributed by atoms with van der Waals surface area (Å²) in [6.07, 6.45) is 2.55. The van der Waals surface area contributed by atoms with E-state index in [0.717, 1.165) is 30.6 Å². The Morgan fingerprint density at radius 1 is 1.29 bits per heavy atom. The number of halogens is 1. The number of hydrogen-bond acceptors (Lipinski definition) is 2. The molecule has 1 heterocycles. The molecule has 1 saturated heterocycles. The molecule has 3 heteroatoms. The topological polar surface area (TPSA) is 24.1 Å². The Labute approximate surface area is 109 Å². The predicted molar refractivity (Wildman–Crippen MR) is 73.7 cm³/mol. The highest BCUT2D eigenvalue weighted by molar-refractivity contribution is 6.30. The van der Waals surface area contributed by atoms with Crippen molar-refractivity contribution in [2.75, 3.05) is 26.7 Å². The second-order valence-electron chi connectivity index (χ2n) is 4.80. The summed E-state index contributed by atoms with van der Waals surface area (Å²) in [6.45, 7) is 3.35. The number of rotatable bonds is 4. The third-order valence-corrected chi connectivity index (χ3v) is 3.93. The minimum Gasteiger partial charge on any atom is -0.319 e. The summed E-state index contributed by atoms with van der Waals surface area (Å²) >= 11 is 5.95. The van der Waals surface area contributed by atoms with Crippen LogP contribution in [0.15, 0.2) is 24.3 Å². The summed E-state index contributed by atoms with van der Waals surface area (Å²) in [5.74, 6) is 1.39. The van der Waals surface area contributed by atoms with Crippen LogP contribution in [-0.4, -0.2) is 26.7 Å². The van der Waals surface area contributed by atoms with Gasteiger partial charge in [0, 0.05) is 11.6 Å². The maximum atomic E-state index is 5.95. The average molecular weight is 253 g/mol. The van der Waals surface area contributed by atoms with Gasteiger partial charge in [0.05, 0.1) is 0 Å². The van der Waals surface area contributed by atoms with Gasteiger partial charge in [0.25, 0.3) is 0 Å². The van der Waals surface area contributed by atoms with Crippen LogP contribution >= 0.6 is 11.6 Å². The van der Waals surface area contributed by atoms with E-state index in [4.69, 9.17) is 11.6 Å². The molecule has 1 unspecified atom stereocenters. The first kappa shape index (κ1) is 12.9. The molecule has 0 aliphatic carbocycles. The molecule has 0 radical (unpaired) electrons. The van der Waals surface area contributed by atoms with Crippen molar-refractivity contribution < 1.29 is 0 Å². The third kappa shape index (κ3) is 3.44. The van der Waals surface area contributed by atoms with Crippen molar-refractivity contribution in [1.82, 2.24) is 10.6 Å². The number of piperidine rings is 1. The van der Waals surface area contributed by atoms with Crippen LogP contribution in [0.3, 0.4) is 0 Å². The molecule has 17 heavy (non-hydrogen) atoms. The molecule has 0 amide bonds. The fraction of sp³-hybridized carbons (Fsp3) is 0.571. The Bertz CT molecular complexity index is 331. The molecular formula is C14H21ClN2. The van der Waals surface area contributed by atoms with Gasteiger partial charge in [-0.25, -0.2) is 0 Å². The molecule has 1 aliphatic rings. The van der Waals surface area contributed by atoms with Crippen LogP contribution in [0.5, 0.6) is 0 Å². The summed E-state index contributed by atoms with van der Waals surface area (Å²) in [5.41, 5.74) is 1.41. The van der Waals surface area contributed by atoms with Gasteiger partial charge < -0.3 is 10.6 Å². The molecule has 1 aromatic rings. The Balaban J connectivity index is 2.12. The number of benzene rings is 1. The van der Waals surface area contributed by atoms with E-state index >= 15 is 0 Å². The van der Waals surface area contributed by atoms with E-state index in [9.17, 15) is 0 Å². The monoisotopic (exact) mass is 252 g/mol. The van der Waals surface area contributed by atoms with Crippen LogP contribution in [-0.2, 0) is 0 Å². The molecular weight excluding hydrogens is 232 g/mol. The second-order valence-corrected chi connectivity index (χ2v) is 5.24. The maximum absolute atomic E-state index is 5.95. The van der Waals surface area contributed by atoms with Gasteiger partial charge in [0.2, 0.25) is 0 Å². The van der Waals surface area contributed by atoms with Gasteiger partial charge in [-0.15, -0.1) is 0 Å². The van der Waals surface area contributed by atoms with Crippen molar-refractivity contribution in [3.8, 4) is 0 Å². The minimum atomic E-state index is 0.611. The summed E-state index contributed by atoms with van der Waals surface area (Å²) in [5, 5.41) is 7.58. The number of hydrogen-bond donors (Lipinski definition) is 2. The van der Waals surface area contributed by atoms with Gasteiger partial charge in [-0.3, -0.25) is 0 Å². The van der Waals surface area contributed by atoms with Gasteiger partial charge in [-0.2, -0.15) is 0 Å². The molecule has 2 nitrogen and oxygen atoms in total. The fourth-order valence-corrected chi connectivity index (χ4v) is 2.86. The Kier molecular flexibility index (Phi) is 4.84. The van der Waals surface area contributed by atoms with Crippen LogP contribution in [0.4, 0.5) is 0 Å². The molecule has 1 aromatic carbocycles. The molecule has 0 aromatic heterocycles. The lowest BCUT2D eigenvalue weighted by Gasteiger charge is -2.31. The van der Waals surface area contributed by atoms with Gasteiger partial charge in [0.15, 0.2) is 0 Å². The van der Waals surface area contributed by atoms with Gasteiger partial charge in [0.1, 0.15) is 0 Å². The lowest BCUT2D eigenvalue weighted by atomic mass is 9.80. The van der Waals surface area contributed by atoms with Crippen LogP contribution in [0.2, 0.25) is 5.02 Å². The van der Waals surface area contributed by atoms with E-state index in [2.05, 4.69) is 22.8 Å². The molecule has 1 aliphatic heterocycles. The van der Waals surface area contributed by atoms with Gasteiger partial charge in [-0.1, -0.05) is 23.7 Å². The van der Waals surface area contributed by atoms with Crippen LogP contribution in [0.1, 0.15) is 24.3 Å². The van der Waals surface area contributed by atoms with Gasteiger partial charge in [-0.05, 0) is 62.5 Å². The Morgan fingerprint density at radius 3 is 2.53 bits per heavy atom. The third-order valence-electron chi connectivity index (χ3n) is 3.68. The first-order chi connectivity index (χ1) is 8.31. The van der Waals surface area contributed by atoms with E-state index in [0.29, 0.717) is 5.92 Å². The summed E-state index contributed by atoms with van der Waals surface area (Å²) in [7, 11) is 2.03. The Hall–Kier alpha value is -0.570. The zero-order chi connectivity index (χ0) is 12.1. The number of nitrogens with one attached hydrogen (secondary N) is 2. The molecule has 0 saturated carbocycles. The summed E-state index contributed by atoms with van der Waals surface area (Å²) < 4.78 is 0. The van der Waals surface area contributed by atoms with E-state index in [1.165, 1.54) is 18.4 Å². The maximum Gasteiger partial charge on any atom is 0.0406 e. The van der Waals surface area contributed by atoms with E-state index in [1.54, 1.807) is 0 Å². The van der Waals surface area contributed by atoms with E-state index < -0.39 is 0 Å². The molecule has 1 fully saturated rings. The molecule has 2 N–H and O–H groups in total. The molecule has 1 atom stereocenters. The zero-order valence-corrected chi connectivity index (χ0v) is 11.1. The highest BCUT2D eigenvalue weighted by Crippen LogP contribution is 2.31. The van der Waals surface area contributed by atoms with Crippen molar-refractivity contribution in [3.63, 3.8) is 0 Å². The average Bonchev–Trinajstić information content (AvgIpc) is 2.38. The summed E-state index contributed by atoms with van der Waals surface area (Å²) in [4.78, 5) is 0. The second kappa shape index (κ2) is 6.39.